The first-order valence-corrected chi connectivity index (χ1v) is 6.56. The van der Waals surface area contributed by atoms with Crippen molar-refractivity contribution in [2.24, 2.45) is 11.7 Å². The highest BCUT2D eigenvalue weighted by Gasteiger charge is 2.25. The average Bonchev–Trinajstić information content (AvgIpc) is 2.82. The molecule has 1 heterocycles. The van der Waals surface area contributed by atoms with Crippen LogP contribution in [0.3, 0.4) is 0 Å². The third-order valence-electron chi connectivity index (χ3n) is 4.01. The van der Waals surface area contributed by atoms with E-state index in [0.29, 0.717) is 12.5 Å². The molecule has 4 N–H and O–H groups in total. The molecule has 0 aliphatic rings. The van der Waals surface area contributed by atoms with E-state index >= 15 is 0 Å². The summed E-state index contributed by atoms with van der Waals surface area (Å²) in [6.07, 6.45) is 1.97. The van der Waals surface area contributed by atoms with Crippen LogP contribution < -0.4 is 11.1 Å². The number of rotatable bonds is 5. The van der Waals surface area contributed by atoms with Crippen LogP contribution in [0.1, 0.15) is 26.3 Å². The Morgan fingerprint density at radius 3 is 2.78 bits per heavy atom. The van der Waals surface area contributed by atoms with Crippen LogP contribution in [-0.2, 0) is 6.54 Å². The molecule has 98 valence electrons. The van der Waals surface area contributed by atoms with Gasteiger partial charge in [-0.1, -0.05) is 19.9 Å². The van der Waals surface area contributed by atoms with E-state index in [9.17, 15) is 0 Å². The molecule has 0 fully saturated rings. The number of hydrogen-bond donors (Lipinski definition) is 3. The summed E-state index contributed by atoms with van der Waals surface area (Å²) in [5.41, 5.74) is 8.35. The summed E-state index contributed by atoms with van der Waals surface area (Å²) in [6.45, 7) is 8.10. The summed E-state index contributed by atoms with van der Waals surface area (Å²) in [6, 6.07) is 8.60. The number of H-pyrrole nitrogens is 1. The average molecular weight is 245 g/mol. The van der Waals surface area contributed by atoms with Gasteiger partial charge in [0.15, 0.2) is 0 Å². The second-order valence-electron chi connectivity index (χ2n) is 5.53. The fourth-order valence-electron chi connectivity index (χ4n) is 2.03. The Bertz CT molecular complexity index is 515. The van der Waals surface area contributed by atoms with Crippen LogP contribution in [0.5, 0.6) is 0 Å². The largest absolute Gasteiger partial charge is 0.361 e. The summed E-state index contributed by atoms with van der Waals surface area (Å²) in [7, 11) is 0. The van der Waals surface area contributed by atoms with Crippen LogP contribution in [0.2, 0.25) is 0 Å². The number of hydrogen-bond acceptors (Lipinski definition) is 2. The third kappa shape index (κ3) is 2.57. The van der Waals surface area contributed by atoms with Crippen LogP contribution in [-0.4, -0.2) is 17.1 Å². The molecule has 1 aromatic heterocycles. The molecule has 1 unspecified atom stereocenters. The third-order valence-corrected chi connectivity index (χ3v) is 4.01. The zero-order valence-electron chi connectivity index (χ0n) is 11.5. The molecular formula is C15H23N3. The molecule has 0 aliphatic heterocycles. The number of nitrogens with two attached hydrogens (primary N) is 1. The second-order valence-corrected chi connectivity index (χ2v) is 5.53. The minimum Gasteiger partial charge on any atom is -0.361 e. The molecule has 1 atom stereocenters. The van der Waals surface area contributed by atoms with Gasteiger partial charge in [-0.3, -0.25) is 0 Å². The number of nitrogens with one attached hydrogen (secondary N) is 2. The molecule has 2 aromatic rings. The number of aromatic nitrogens is 1. The summed E-state index contributed by atoms with van der Waals surface area (Å²) in [5, 5.41) is 4.84. The Kier molecular flexibility index (Phi) is 3.73. The topological polar surface area (TPSA) is 53.8 Å². The quantitative estimate of drug-likeness (QED) is 0.758. The molecule has 0 amide bonds. The van der Waals surface area contributed by atoms with Crippen LogP contribution in [0, 0.1) is 5.92 Å². The van der Waals surface area contributed by atoms with Gasteiger partial charge in [0.25, 0.3) is 0 Å². The summed E-state index contributed by atoms with van der Waals surface area (Å²) >= 11 is 0. The molecule has 0 saturated carbocycles. The van der Waals surface area contributed by atoms with Gasteiger partial charge < -0.3 is 16.0 Å². The number of fused-ring (bicyclic) bond motifs is 1. The standard InChI is InChI=1S/C15H23N3/c1-11(2)15(3,10-16)18-9-12-4-5-14-13(8-12)6-7-17-14/h4-8,11,17-18H,9-10,16H2,1-3H3. The monoisotopic (exact) mass is 245 g/mol. The van der Waals surface area contributed by atoms with Gasteiger partial charge in [-0.2, -0.15) is 0 Å². The fraction of sp³-hybridized carbons (Fsp3) is 0.467. The van der Waals surface area contributed by atoms with Gasteiger partial charge in [0.1, 0.15) is 0 Å². The van der Waals surface area contributed by atoms with Crippen LogP contribution in [0.15, 0.2) is 30.5 Å². The normalized spacial score (nSPS) is 15.2. The van der Waals surface area contributed by atoms with Gasteiger partial charge in [-0.25, -0.2) is 0 Å². The van der Waals surface area contributed by atoms with E-state index in [0.717, 1.165) is 6.54 Å². The van der Waals surface area contributed by atoms with Crippen molar-refractivity contribution in [3.8, 4) is 0 Å². The van der Waals surface area contributed by atoms with Crippen molar-refractivity contribution in [2.75, 3.05) is 6.54 Å². The predicted molar refractivity (Wildman–Crippen MR) is 77.4 cm³/mol. The lowest BCUT2D eigenvalue weighted by Crippen LogP contribution is -2.52. The molecule has 1 aromatic carbocycles. The lowest BCUT2D eigenvalue weighted by atomic mass is 9.88. The first-order chi connectivity index (χ1) is 8.55. The van der Waals surface area contributed by atoms with E-state index in [1.165, 1.54) is 16.5 Å². The van der Waals surface area contributed by atoms with Crippen molar-refractivity contribution in [3.05, 3.63) is 36.0 Å². The van der Waals surface area contributed by atoms with E-state index < -0.39 is 0 Å². The molecule has 18 heavy (non-hydrogen) atoms. The Labute approximate surface area is 109 Å². The first kappa shape index (κ1) is 13.1. The minimum absolute atomic E-state index is 0.00684. The van der Waals surface area contributed by atoms with Crippen molar-refractivity contribution in [2.45, 2.75) is 32.9 Å². The first-order valence-electron chi connectivity index (χ1n) is 6.56. The molecule has 0 saturated heterocycles. The van der Waals surface area contributed by atoms with E-state index in [2.05, 4.69) is 55.3 Å². The zero-order valence-corrected chi connectivity index (χ0v) is 11.5. The van der Waals surface area contributed by atoms with Gasteiger partial charge in [0, 0.05) is 30.3 Å². The van der Waals surface area contributed by atoms with Gasteiger partial charge in [0.05, 0.1) is 0 Å². The summed E-state index contributed by atoms with van der Waals surface area (Å²) in [4.78, 5) is 3.21. The molecule has 0 spiro atoms. The maximum absolute atomic E-state index is 5.88. The molecule has 2 rings (SSSR count). The smallest absolute Gasteiger partial charge is 0.0454 e. The SMILES string of the molecule is CC(C)C(C)(CN)NCc1ccc2[nH]ccc2c1. The predicted octanol–water partition coefficient (Wildman–Crippen LogP) is 2.63. The van der Waals surface area contributed by atoms with Crippen LogP contribution in [0.4, 0.5) is 0 Å². The van der Waals surface area contributed by atoms with E-state index in [-0.39, 0.29) is 5.54 Å². The molecule has 0 bridgehead atoms. The van der Waals surface area contributed by atoms with Crippen LogP contribution in [0.25, 0.3) is 10.9 Å². The summed E-state index contributed by atoms with van der Waals surface area (Å²) < 4.78 is 0. The molecule has 3 heteroatoms. The maximum atomic E-state index is 5.88. The van der Waals surface area contributed by atoms with Crippen molar-refractivity contribution in [3.63, 3.8) is 0 Å². The van der Waals surface area contributed by atoms with Crippen molar-refractivity contribution < 1.29 is 0 Å². The Hall–Kier alpha value is -1.32. The summed E-state index contributed by atoms with van der Waals surface area (Å²) in [5.74, 6) is 0.512. The van der Waals surface area contributed by atoms with Crippen molar-refractivity contribution in [1.82, 2.24) is 10.3 Å². The van der Waals surface area contributed by atoms with Gasteiger partial charge in [-0.15, -0.1) is 0 Å². The Balaban J connectivity index is 2.09. The fourth-order valence-corrected chi connectivity index (χ4v) is 2.03. The highest BCUT2D eigenvalue weighted by Crippen LogP contribution is 2.18. The maximum Gasteiger partial charge on any atom is 0.0454 e. The molecule has 0 aliphatic carbocycles. The molecule has 3 nitrogen and oxygen atoms in total. The molecule has 0 radical (unpaired) electrons. The van der Waals surface area contributed by atoms with E-state index in [4.69, 9.17) is 5.73 Å². The Morgan fingerprint density at radius 2 is 2.11 bits per heavy atom. The highest BCUT2D eigenvalue weighted by molar-refractivity contribution is 5.79. The highest BCUT2D eigenvalue weighted by atomic mass is 15.0. The minimum atomic E-state index is -0.00684. The second kappa shape index (κ2) is 5.12. The molecular weight excluding hydrogens is 222 g/mol. The van der Waals surface area contributed by atoms with Gasteiger partial charge >= 0.3 is 0 Å². The van der Waals surface area contributed by atoms with Gasteiger partial charge in [0.2, 0.25) is 0 Å². The van der Waals surface area contributed by atoms with Gasteiger partial charge in [-0.05, 0) is 42.0 Å². The van der Waals surface area contributed by atoms with E-state index in [1.54, 1.807) is 0 Å². The van der Waals surface area contributed by atoms with Crippen molar-refractivity contribution >= 4 is 10.9 Å². The van der Waals surface area contributed by atoms with E-state index in [1.807, 2.05) is 6.20 Å². The Morgan fingerprint density at radius 1 is 1.33 bits per heavy atom. The zero-order chi connectivity index (χ0) is 13.2. The lowest BCUT2D eigenvalue weighted by molar-refractivity contribution is 0.267. The van der Waals surface area contributed by atoms with Crippen LogP contribution >= 0.6 is 0 Å². The lowest BCUT2D eigenvalue weighted by Gasteiger charge is -2.33. The van der Waals surface area contributed by atoms with Crippen molar-refractivity contribution in [1.29, 1.82) is 0 Å². The number of benzene rings is 1. The number of aromatic amines is 1.